The van der Waals surface area contributed by atoms with E-state index in [1.807, 2.05) is 24.8 Å². The summed E-state index contributed by atoms with van der Waals surface area (Å²) < 4.78 is 26.8. The molecule has 1 aromatic carbocycles. The number of nitrogens with two attached hydrogens (primary N) is 1. The Labute approximate surface area is 119 Å². The van der Waals surface area contributed by atoms with Gasteiger partial charge in [-0.15, -0.1) is 0 Å². The first-order valence-corrected chi connectivity index (χ1v) is 8.85. The van der Waals surface area contributed by atoms with Gasteiger partial charge < -0.3 is 5.73 Å². The fourth-order valence-electron chi connectivity index (χ4n) is 2.18. The molecular formula is C13H20N2O2S2. The maximum atomic E-state index is 12.6. The Kier molecular flexibility index (Phi) is 4.55. The van der Waals surface area contributed by atoms with Crippen molar-refractivity contribution in [3.63, 3.8) is 0 Å². The number of aryl methyl sites for hydroxylation is 1. The highest BCUT2D eigenvalue weighted by Gasteiger charge is 2.29. The van der Waals surface area contributed by atoms with Gasteiger partial charge in [-0.25, -0.2) is 8.42 Å². The van der Waals surface area contributed by atoms with Crippen LogP contribution in [0.15, 0.2) is 23.1 Å². The van der Waals surface area contributed by atoms with E-state index in [4.69, 9.17) is 5.73 Å². The lowest BCUT2D eigenvalue weighted by molar-refractivity contribution is 0.424. The van der Waals surface area contributed by atoms with Gasteiger partial charge in [0.05, 0.1) is 4.90 Å². The third kappa shape index (κ3) is 3.13. The molecule has 0 aromatic heterocycles. The molecule has 1 aromatic rings. The average molecular weight is 300 g/mol. The van der Waals surface area contributed by atoms with E-state index in [-0.39, 0.29) is 0 Å². The van der Waals surface area contributed by atoms with Crippen molar-refractivity contribution in [3.8, 4) is 0 Å². The van der Waals surface area contributed by atoms with Crippen molar-refractivity contribution in [2.45, 2.75) is 30.5 Å². The van der Waals surface area contributed by atoms with Gasteiger partial charge in [0.1, 0.15) is 0 Å². The molecule has 1 aliphatic rings. The van der Waals surface area contributed by atoms with Crippen LogP contribution in [0.1, 0.15) is 18.1 Å². The van der Waals surface area contributed by atoms with Crippen molar-refractivity contribution >= 4 is 21.8 Å². The van der Waals surface area contributed by atoms with E-state index >= 15 is 0 Å². The zero-order valence-corrected chi connectivity index (χ0v) is 12.9. The zero-order chi connectivity index (χ0) is 14.0. The van der Waals surface area contributed by atoms with Crippen molar-refractivity contribution in [2.75, 3.05) is 18.8 Å². The van der Waals surface area contributed by atoms with Gasteiger partial charge in [-0.3, -0.25) is 0 Å². The van der Waals surface area contributed by atoms with Crippen LogP contribution in [-0.4, -0.2) is 36.8 Å². The summed E-state index contributed by atoms with van der Waals surface area (Å²) in [6.07, 6.45) is 0. The predicted molar refractivity (Wildman–Crippen MR) is 79.7 cm³/mol. The molecule has 0 aliphatic carbocycles. The number of benzene rings is 1. The van der Waals surface area contributed by atoms with Gasteiger partial charge in [-0.05, 0) is 30.2 Å². The molecule has 0 radical (unpaired) electrons. The SMILES string of the molecule is Cc1ccc(S(=O)(=O)N2CCSC(C)C2)cc1CN. The lowest BCUT2D eigenvalue weighted by Crippen LogP contribution is -2.40. The van der Waals surface area contributed by atoms with E-state index in [1.165, 1.54) is 0 Å². The number of nitrogens with zero attached hydrogens (tertiary/aromatic N) is 1. The molecule has 0 amide bonds. The number of thioether (sulfide) groups is 1. The van der Waals surface area contributed by atoms with Crippen LogP contribution in [0.25, 0.3) is 0 Å². The number of rotatable bonds is 3. The van der Waals surface area contributed by atoms with E-state index in [9.17, 15) is 8.42 Å². The largest absolute Gasteiger partial charge is 0.326 e. The van der Waals surface area contributed by atoms with E-state index in [2.05, 4.69) is 6.92 Å². The Balaban J connectivity index is 2.33. The highest BCUT2D eigenvalue weighted by Crippen LogP contribution is 2.25. The molecule has 19 heavy (non-hydrogen) atoms. The van der Waals surface area contributed by atoms with Gasteiger partial charge in [-0.1, -0.05) is 13.0 Å². The van der Waals surface area contributed by atoms with Gasteiger partial charge in [0, 0.05) is 30.6 Å². The fraction of sp³-hybridized carbons (Fsp3) is 0.538. The molecule has 2 rings (SSSR count). The molecule has 106 valence electrons. The standard InChI is InChI=1S/C13H20N2O2S2/c1-10-3-4-13(7-12(10)8-14)19(16,17)15-5-6-18-11(2)9-15/h3-4,7,11H,5-6,8-9,14H2,1-2H3. The normalized spacial score (nSPS) is 21.5. The summed E-state index contributed by atoms with van der Waals surface area (Å²) in [6.45, 7) is 5.54. The summed E-state index contributed by atoms with van der Waals surface area (Å²) in [7, 11) is -3.38. The molecule has 0 bridgehead atoms. The van der Waals surface area contributed by atoms with Gasteiger partial charge >= 0.3 is 0 Å². The van der Waals surface area contributed by atoms with E-state index < -0.39 is 10.0 Å². The van der Waals surface area contributed by atoms with Crippen molar-refractivity contribution in [2.24, 2.45) is 5.73 Å². The monoisotopic (exact) mass is 300 g/mol. The quantitative estimate of drug-likeness (QED) is 0.920. The lowest BCUT2D eigenvalue weighted by Gasteiger charge is -2.29. The van der Waals surface area contributed by atoms with E-state index in [1.54, 1.807) is 16.4 Å². The molecule has 4 nitrogen and oxygen atoms in total. The fourth-order valence-corrected chi connectivity index (χ4v) is 4.99. The van der Waals surface area contributed by atoms with Gasteiger partial charge in [0.15, 0.2) is 0 Å². The van der Waals surface area contributed by atoms with Crippen LogP contribution in [0.2, 0.25) is 0 Å². The van der Waals surface area contributed by atoms with Gasteiger partial charge in [-0.2, -0.15) is 16.1 Å². The number of hydrogen-bond acceptors (Lipinski definition) is 4. The Bertz CT molecular complexity index is 558. The second-order valence-electron chi connectivity index (χ2n) is 4.84. The van der Waals surface area contributed by atoms with Crippen LogP contribution >= 0.6 is 11.8 Å². The Morgan fingerprint density at radius 2 is 2.21 bits per heavy atom. The third-order valence-electron chi connectivity index (χ3n) is 3.38. The minimum absolute atomic E-state index is 0.350. The topological polar surface area (TPSA) is 63.4 Å². The molecule has 1 heterocycles. The molecule has 0 spiro atoms. The molecule has 1 fully saturated rings. The third-order valence-corrected chi connectivity index (χ3v) is 6.38. The average Bonchev–Trinajstić information content (AvgIpc) is 2.39. The second-order valence-corrected chi connectivity index (χ2v) is 8.32. The Morgan fingerprint density at radius 3 is 2.84 bits per heavy atom. The molecule has 1 atom stereocenters. The minimum Gasteiger partial charge on any atom is -0.326 e. The van der Waals surface area contributed by atoms with Crippen LogP contribution in [0.3, 0.4) is 0 Å². The van der Waals surface area contributed by atoms with Crippen LogP contribution in [0, 0.1) is 6.92 Å². The van der Waals surface area contributed by atoms with Crippen LogP contribution in [0.4, 0.5) is 0 Å². The summed E-state index contributed by atoms with van der Waals surface area (Å²) in [5.74, 6) is 0.857. The first kappa shape index (κ1) is 14.8. The predicted octanol–water partition coefficient (Wildman–Crippen LogP) is 1.58. The number of hydrogen-bond donors (Lipinski definition) is 1. The highest BCUT2D eigenvalue weighted by atomic mass is 32.2. The van der Waals surface area contributed by atoms with Gasteiger partial charge in [0.25, 0.3) is 0 Å². The second kappa shape index (κ2) is 5.83. The smallest absolute Gasteiger partial charge is 0.243 e. The summed E-state index contributed by atoms with van der Waals surface area (Å²) >= 11 is 1.82. The van der Waals surface area contributed by atoms with Crippen LogP contribution < -0.4 is 5.73 Å². The summed E-state index contributed by atoms with van der Waals surface area (Å²) in [5, 5.41) is 0.350. The summed E-state index contributed by atoms with van der Waals surface area (Å²) in [5.41, 5.74) is 7.57. The lowest BCUT2D eigenvalue weighted by atomic mass is 10.1. The molecule has 1 saturated heterocycles. The summed E-state index contributed by atoms with van der Waals surface area (Å²) in [4.78, 5) is 0.359. The van der Waals surface area contributed by atoms with Crippen molar-refractivity contribution in [1.82, 2.24) is 4.31 Å². The van der Waals surface area contributed by atoms with Crippen molar-refractivity contribution in [3.05, 3.63) is 29.3 Å². The Morgan fingerprint density at radius 1 is 1.47 bits per heavy atom. The van der Waals surface area contributed by atoms with Crippen molar-refractivity contribution in [1.29, 1.82) is 0 Å². The van der Waals surface area contributed by atoms with Crippen LogP contribution in [0.5, 0.6) is 0 Å². The van der Waals surface area contributed by atoms with Crippen LogP contribution in [-0.2, 0) is 16.6 Å². The zero-order valence-electron chi connectivity index (χ0n) is 11.3. The van der Waals surface area contributed by atoms with Crippen molar-refractivity contribution < 1.29 is 8.42 Å². The number of sulfonamides is 1. The molecule has 2 N–H and O–H groups in total. The van der Waals surface area contributed by atoms with E-state index in [0.29, 0.717) is 29.8 Å². The first-order chi connectivity index (χ1) is 8.95. The molecule has 0 saturated carbocycles. The minimum atomic E-state index is -3.38. The summed E-state index contributed by atoms with van der Waals surface area (Å²) in [6, 6.07) is 5.21. The molecule has 1 aliphatic heterocycles. The maximum Gasteiger partial charge on any atom is 0.243 e. The highest BCUT2D eigenvalue weighted by molar-refractivity contribution is 8.00. The molecular weight excluding hydrogens is 280 g/mol. The Hall–Kier alpha value is -0.560. The molecule has 1 unspecified atom stereocenters. The van der Waals surface area contributed by atoms with E-state index in [0.717, 1.165) is 16.9 Å². The molecule has 6 heteroatoms. The first-order valence-electron chi connectivity index (χ1n) is 6.36. The van der Waals surface area contributed by atoms with Gasteiger partial charge in [0.2, 0.25) is 10.0 Å². The maximum absolute atomic E-state index is 12.6.